The minimum atomic E-state index is 0.282. The summed E-state index contributed by atoms with van der Waals surface area (Å²) >= 11 is 0. The fourth-order valence-electron chi connectivity index (χ4n) is 2.57. The van der Waals surface area contributed by atoms with Gasteiger partial charge in [-0.15, -0.1) is 0 Å². The maximum Gasteiger partial charge on any atom is 0.222 e. The second kappa shape index (κ2) is 4.98. The lowest BCUT2D eigenvalue weighted by molar-refractivity contribution is -0.135. The Bertz CT molecular complexity index is 274. The molecule has 2 rings (SSSR count). The van der Waals surface area contributed by atoms with E-state index in [1.54, 1.807) is 0 Å². The Kier molecular flexibility index (Phi) is 3.62. The van der Waals surface area contributed by atoms with E-state index in [0.717, 1.165) is 12.8 Å². The molecule has 0 aromatic heterocycles. The number of nitrogens with zero attached hydrogens (tertiary/aromatic N) is 1. The van der Waals surface area contributed by atoms with Crippen molar-refractivity contribution in [2.75, 3.05) is 7.05 Å². The lowest BCUT2D eigenvalue weighted by atomic mass is 9.85. The summed E-state index contributed by atoms with van der Waals surface area (Å²) in [4.78, 5) is 25.0. The van der Waals surface area contributed by atoms with Gasteiger partial charge in [0.25, 0.3) is 0 Å². The van der Waals surface area contributed by atoms with Gasteiger partial charge in [0.05, 0.1) is 0 Å². The first-order chi connectivity index (χ1) is 7.66. The number of Topliss-reactive ketones (excluding diaryl/α,β-unsaturated/α-hetero) is 1. The minimum absolute atomic E-state index is 0.282. The predicted molar refractivity (Wildman–Crippen MR) is 62.0 cm³/mol. The van der Waals surface area contributed by atoms with Gasteiger partial charge >= 0.3 is 0 Å². The predicted octanol–water partition coefficient (Wildman–Crippen LogP) is 2.15. The van der Waals surface area contributed by atoms with E-state index in [1.165, 1.54) is 19.3 Å². The molecule has 16 heavy (non-hydrogen) atoms. The van der Waals surface area contributed by atoms with Crippen molar-refractivity contribution in [1.29, 1.82) is 0 Å². The fraction of sp³-hybridized carbons (Fsp3) is 0.846. The lowest BCUT2D eigenvalue weighted by Crippen LogP contribution is -2.42. The number of hydrogen-bond donors (Lipinski definition) is 0. The van der Waals surface area contributed by atoms with Crippen LogP contribution in [0.4, 0.5) is 0 Å². The monoisotopic (exact) mass is 223 g/mol. The summed E-state index contributed by atoms with van der Waals surface area (Å²) in [5.41, 5.74) is 0. The van der Waals surface area contributed by atoms with Gasteiger partial charge in [-0.05, 0) is 38.0 Å². The third-order valence-corrected chi connectivity index (χ3v) is 4.14. The van der Waals surface area contributed by atoms with Crippen LogP contribution in [-0.2, 0) is 9.59 Å². The van der Waals surface area contributed by atoms with E-state index in [0.29, 0.717) is 37.0 Å². The molecule has 90 valence electrons. The molecular formula is C13H21NO2. The molecule has 0 N–H and O–H groups in total. The molecule has 2 aliphatic rings. The van der Waals surface area contributed by atoms with Gasteiger partial charge in [0, 0.05) is 32.4 Å². The Morgan fingerprint density at radius 2 is 1.88 bits per heavy atom. The summed E-state index contributed by atoms with van der Waals surface area (Å²) in [5, 5.41) is 0. The normalized spacial score (nSPS) is 22.9. The van der Waals surface area contributed by atoms with Gasteiger partial charge in [-0.3, -0.25) is 9.59 Å². The Hall–Kier alpha value is -0.860. The van der Waals surface area contributed by atoms with E-state index in [4.69, 9.17) is 0 Å². The summed E-state index contributed by atoms with van der Waals surface area (Å²) in [6.07, 6.45) is 7.47. The van der Waals surface area contributed by atoms with Gasteiger partial charge in [0.15, 0.2) is 0 Å². The molecule has 3 nitrogen and oxygen atoms in total. The fourth-order valence-corrected chi connectivity index (χ4v) is 2.57. The average Bonchev–Trinajstić information content (AvgIpc) is 2.19. The molecule has 2 fully saturated rings. The summed E-state index contributed by atoms with van der Waals surface area (Å²) < 4.78 is 0. The number of rotatable bonds is 3. The highest BCUT2D eigenvalue weighted by Gasteiger charge is 2.28. The summed E-state index contributed by atoms with van der Waals surface area (Å²) in [5.74, 6) is 1.10. The van der Waals surface area contributed by atoms with Crippen molar-refractivity contribution in [2.45, 2.75) is 57.4 Å². The van der Waals surface area contributed by atoms with Crippen LogP contribution in [0.3, 0.4) is 0 Å². The number of ketones is 1. The molecule has 0 aromatic carbocycles. The summed E-state index contributed by atoms with van der Waals surface area (Å²) in [6.45, 7) is 0. The van der Waals surface area contributed by atoms with E-state index in [9.17, 15) is 9.59 Å². The standard InChI is InChI=1S/C13H21NO2/c1-14(11-3-2-4-11)13(16)9-10-5-7-12(15)8-6-10/h10-11H,2-9H2,1H3. The second-order valence-corrected chi connectivity index (χ2v) is 5.28. The molecule has 0 heterocycles. The van der Waals surface area contributed by atoms with Crippen molar-refractivity contribution in [1.82, 2.24) is 4.90 Å². The molecule has 2 saturated carbocycles. The van der Waals surface area contributed by atoms with Crippen molar-refractivity contribution in [3.8, 4) is 0 Å². The first kappa shape index (κ1) is 11.6. The number of hydrogen-bond acceptors (Lipinski definition) is 2. The van der Waals surface area contributed by atoms with Gasteiger partial charge < -0.3 is 4.90 Å². The molecule has 0 saturated heterocycles. The molecular weight excluding hydrogens is 202 g/mol. The molecule has 1 amide bonds. The van der Waals surface area contributed by atoms with E-state index in [-0.39, 0.29) is 5.91 Å². The summed E-state index contributed by atoms with van der Waals surface area (Å²) in [6, 6.07) is 0.498. The van der Waals surface area contributed by atoms with Crippen LogP contribution >= 0.6 is 0 Å². The van der Waals surface area contributed by atoms with Crippen molar-refractivity contribution in [3.63, 3.8) is 0 Å². The molecule has 0 bridgehead atoms. The quantitative estimate of drug-likeness (QED) is 0.735. The third kappa shape index (κ3) is 2.63. The van der Waals surface area contributed by atoms with E-state index in [1.807, 2.05) is 11.9 Å². The van der Waals surface area contributed by atoms with Crippen molar-refractivity contribution in [3.05, 3.63) is 0 Å². The van der Waals surface area contributed by atoms with Crippen LogP contribution < -0.4 is 0 Å². The molecule has 0 aliphatic heterocycles. The molecule has 0 unspecified atom stereocenters. The van der Waals surface area contributed by atoms with Crippen LogP contribution in [-0.4, -0.2) is 29.7 Å². The third-order valence-electron chi connectivity index (χ3n) is 4.14. The van der Waals surface area contributed by atoms with Gasteiger partial charge in [-0.2, -0.15) is 0 Å². The number of carbonyl (C=O) groups excluding carboxylic acids is 2. The highest BCUT2D eigenvalue weighted by Crippen LogP contribution is 2.28. The first-order valence-electron chi connectivity index (χ1n) is 6.44. The Morgan fingerprint density at radius 3 is 2.38 bits per heavy atom. The zero-order valence-electron chi connectivity index (χ0n) is 10.1. The van der Waals surface area contributed by atoms with Gasteiger partial charge in [0.2, 0.25) is 5.91 Å². The lowest BCUT2D eigenvalue weighted by Gasteiger charge is -2.35. The zero-order chi connectivity index (χ0) is 11.5. The average molecular weight is 223 g/mol. The second-order valence-electron chi connectivity index (χ2n) is 5.28. The van der Waals surface area contributed by atoms with Crippen LogP contribution in [0.15, 0.2) is 0 Å². The number of amides is 1. The Balaban J connectivity index is 1.75. The van der Waals surface area contributed by atoms with Crippen LogP contribution in [0.25, 0.3) is 0 Å². The van der Waals surface area contributed by atoms with E-state index < -0.39 is 0 Å². The van der Waals surface area contributed by atoms with E-state index in [2.05, 4.69) is 0 Å². The maximum atomic E-state index is 12.0. The van der Waals surface area contributed by atoms with Crippen LogP contribution in [0.2, 0.25) is 0 Å². The van der Waals surface area contributed by atoms with E-state index >= 15 is 0 Å². The Morgan fingerprint density at radius 1 is 1.25 bits per heavy atom. The SMILES string of the molecule is CN(C(=O)CC1CCC(=O)CC1)C1CCC1. The van der Waals surface area contributed by atoms with Gasteiger partial charge in [-0.25, -0.2) is 0 Å². The van der Waals surface area contributed by atoms with Crippen molar-refractivity contribution < 1.29 is 9.59 Å². The molecule has 3 heteroatoms. The largest absolute Gasteiger partial charge is 0.343 e. The molecule has 0 atom stereocenters. The maximum absolute atomic E-state index is 12.0. The molecule has 0 radical (unpaired) electrons. The van der Waals surface area contributed by atoms with Crippen LogP contribution in [0.5, 0.6) is 0 Å². The topological polar surface area (TPSA) is 37.4 Å². The van der Waals surface area contributed by atoms with Crippen LogP contribution in [0.1, 0.15) is 51.4 Å². The van der Waals surface area contributed by atoms with Crippen molar-refractivity contribution in [2.24, 2.45) is 5.92 Å². The van der Waals surface area contributed by atoms with Gasteiger partial charge in [0.1, 0.15) is 5.78 Å². The summed E-state index contributed by atoms with van der Waals surface area (Å²) in [7, 11) is 1.93. The highest BCUT2D eigenvalue weighted by atomic mass is 16.2. The molecule has 2 aliphatic carbocycles. The first-order valence-corrected chi connectivity index (χ1v) is 6.44. The van der Waals surface area contributed by atoms with Crippen molar-refractivity contribution >= 4 is 11.7 Å². The van der Waals surface area contributed by atoms with Gasteiger partial charge in [-0.1, -0.05) is 0 Å². The molecule has 0 aromatic rings. The Labute approximate surface area is 97.2 Å². The zero-order valence-corrected chi connectivity index (χ0v) is 10.1. The minimum Gasteiger partial charge on any atom is -0.343 e. The smallest absolute Gasteiger partial charge is 0.222 e. The van der Waals surface area contributed by atoms with Crippen LogP contribution in [0, 0.1) is 5.92 Å². The highest BCUT2D eigenvalue weighted by molar-refractivity contribution is 5.80. The number of carbonyl (C=O) groups is 2. The molecule has 0 spiro atoms.